The number of carbonyl (C=O) groups excluding carboxylic acids is 1. The quantitative estimate of drug-likeness (QED) is 0.694. The van der Waals surface area contributed by atoms with E-state index >= 15 is 0 Å². The van der Waals surface area contributed by atoms with Crippen LogP contribution in [-0.2, 0) is 4.79 Å². The van der Waals surface area contributed by atoms with Crippen LogP contribution in [0.2, 0.25) is 0 Å². The molecule has 0 spiro atoms. The Labute approximate surface area is 107 Å². The van der Waals surface area contributed by atoms with Crippen LogP contribution in [0, 0.1) is 11.8 Å². The largest absolute Gasteiger partial charge is 0.273 e. The van der Waals surface area contributed by atoms with Gasteiger partial charge in [-0.1, -0.05) is 42.5 Å². The molecular weight excluding hydrogens is 224 g/mol. The lowest BCUT2D eigenvalue weighted by atomic mass is 9.76. The number of amides is 1. The van der Waals surface area contributed by atoms with Crippen molar-refractivity contribution in [2.75, 3.05) is 7.05 Å². The monoisotopic (exact) mass is 240 g/mol. The van der Waals surface area contributed by atoms with Crippen molar-refractivity contribution >= 4 is 11.6 Å². The molecule has 92 valence electrons. The molecule has 0 saturated heterocycles. The summed E-state index contributed by atoms with van der Waals surface area (Å²) < 4.78 is 0. The molecule has 3 rings (SSSR count). The Bertz CT molecular complexity index is 519. The molecule has 0 unspecified atom stereocenters. The van der Waals surface area contributed by atoms with E-state index in [0.717, 1.165) is 24.1 Å². The number of nitrogens with zero attached hydrogens (tertiary/aromatic N) is 2. The van der Waals surface area contributed by atoms with Crippen molar-refractivity contribution in [3.05, 3.63) is 48.0 Å². The second-order valence-electron chi connectivity index (χ2n) is 4.87. The first-order valence-corrected chi connectivity index (χ1v) is 6.34. The van der Waals surface area contributed by atoms with Gasteiger partial charge in [-0.2, -0.15) is 5.10 Å². The number of hydrazone groups is 1. The second kappa shape index (κ2) is 4.41. The molecule has 0 fully saturated rings. The summed E-state index contributed by atoms with van der Waals surface area (Å²) in [6, 6.07) is 10.2. The van der Waals surface area contributed by atoms with Crippen LogP contribution in [-0.4, -0.2) is 23.7 Å². The summed E-state index contributed by atoms with van der Waals surface area (Å²) in [4.78, 5) is 12.1. The van der Waals surface area contributed by atoms with Gasteiger partial charge < -0.3 is 0 Å². The highest BCUT2D eigenvalue weighted by molar-refractivity contribution is 6.06. The predicted octanol–water partition coefficient (Wildman–Crippen LogP) is 2.45. The highest BCUT2D eigenvalue weighted by Gasteiger charge is 2.38. The molecule has 2 atom stereocenters. The molecule has 0 bridgehead atoms. The first kappa shape index (κ1) is 11.2. The van der Waals surface area contributed by atoms with Crippen molar-refractivity contribution in [3.8, 4) is 0 Å². The molecule has 1 aromatic carbocycles. The Morgan fingerprint density at radius 3 is 2.50 bits per heavy atom. The zero-order chi connectivity index (χ0) is 12.5. The van der Waals surface area contributed by atoms with Gasteiger partial charge in [-0.3, -0.25) is 4.79 Å². The number of fused-ring (bicyclic) bond motifs is 1. The van der Waals surface area contributed by atoms with Gasteiger partial charge in [-0.25, -0.2) is 5.01 Å². The molecule has 18 heavy (non-hydrogen) atoms. The lowest BCUT2D eigenvalue weighted by Crippen LogP contribution is -2.43. The van der Waals surface area contributed by atoms with E-state index in [1.54, 1.807) is 7.05 Å². The first-order chi connectivity index (χ1) is 8.77. The van der Waals surface area contributed by atoms with Crippen LogP contribution >= 0.6 is 0 Å². The van der Waals surface area contributed by atoms with E-state index in [4.69, 9.17) is 0 Å². The minimum atomic E-state index is 0.0627. The highest BCUT2D eigenvalue weighted by Crippen LogP contribution is 2.33. The van der Waals surface area contributed by atoms with Crippen molar-refractivity contribution in [2.24, 2.45) is 16.9 Å². The minimum Gasteiger partial charge on any atom is -0.273 e. The zero-order valence-corrected chi connectivity index (χ0v) is 10.4. The van der Waals surface area contributed by atoms with Crippen molar-refractivity contribution in [1.82, 2.24) is 5.01 Å². The lowest BCUT2D eigenvalue weighted by Gasteiger charge is -2.35. The fourth-order valence-electron chi connectivity index (χ4n) is 2.80. The Morgan fingerprint density at radius 1 is 1.11 bits per heavy atom. The van der Waals surface area contributed by atoms with E-state index in [0.29, 0.717) is 0 Å². The molecular formula is C15H16N2O. The van der Waals surface area contributed by atoms with Gasteiger partial charge in [0, 0.05) is 13.0 Å². The third-order valence-electron chi connectivity index (χ3n) is 3.75. The Balaban J connectivity index is 2.05. The molecule has 0 N–H and O–H groups in total. The van der Waals surface area contributed by atoms with Gasteiger partial charge in [0.25, 0.3) is 0 Å². The van der Waals surface area contributed by atoms with Crippen LogP contribution < -0.4 is 0 Å². The van der Waals surface area contributed by atoms with E-state index < -0.39 is 0 Å². The average molecular weight is 240 g/mol. The molecule has 3 heteroatoms. The number of rotatable bonds is 1. The molecule has 3 nitrogen and oxygen atoms in total. The summed E-state index contributed by atoms with van der Waals surface area (Å²) >= 11 is 0. The maximum atomic E-state index is 12.1. The zero-order valence-electron chi connectivity index (χ0n) is 10.4. The summed E-state index contributed by atoms with van der Waals surface area (Å²) in [6.45, 7) is 0. The van der Waals surface area contributed by atoms with E-state index in [2.05, 4.69) is 29.4 Å². The van der Waals surface area contributed by atoms with Crippen LogP contribution in [0.15, 0.2) is 47.6 Å². The van der Waals surface area contributed by atoms with Crippen molar-refractivity contribution in [3.63, 3.8) is 0 Å². The topological polar surface area (TPSA) is 32.7 Å². The van der Waals surface area contributed by atoms with Crippen molar-refractivity contribution in [1.29, 1.82) is 0 Å². The van der Waals surface area contributed by atoms with Crippen molar-refractivity contribution in [2.45, 2.75) is 12.8 Å². The van der Waals surface area contributed by atoms with Crippen LogP contribution in [0.5, 0.6) is 0 Å². The summed E-state index contributed by atoms with van der Waals surface area (Å²) in [7, 11) is 1.75. The fraction of sp³-hybridized carbons (Fsp3) is 0.333. The maximum Gasteiger partial charge on any atom is 0.246 e. The highest BCUT2D eigenvalue weighted by atomic mass is 16.2. The fourth-order valence-corrected chi connectivity index (χ4v) is 2.80. The van der Waals surface area contributed by atoms with Crippen LogP contribution in [0.1, 0.15) is 18.4 Å². The number of carbonyl (C=O) groups is 1. The number of hydrogen-bond donors (Lipinski definition) is 0. The molecule has 2 aliphatic rings. The van der Waals surface area contributed by atoms with E-state index in [-0.39, 0.29) is 17.7 Å². The summed E-state index contributed by atoms with van der Waals surface area (Å²) in [5.41, 5.74) is 2.18. The van der Waals surface area contributed by atoms with Crippen LogP contribution in [0.3, 0.4) is 0 Å². The average Bonchev–Trinajstić information content (AvgIpc) is 2.44. The molecule has 1 heterocycles. The van der Waals surface area contributed by atoms with Gasteiger partial charge in [0.05, 0.1) is 11.6 Å². The minimum absolute atomic E-state index is 0.0627. The Morgan fingerprint density at radius 2 is 1.78 bits per heavy atom. The summed E-state index contributed by atoms with van der Waals surface area (Å²) in [5, 5.41) is 5.99. The molecule has 0 radical (unpaired) electrons. The smallest absolute Gasteiger partial charge is 0.246 e. The normalized spacial score (nSPS) is 26.8. The Kier molecular flexibility index (Phi) is 2.74. The number of allylic oxidation sites excluding steroid dienone is 2. The maximum absolute atomic E-state index is 12.1. The third-order valence-corrected chi connectivity index (χ3v) is 3.75. The van der Waals surface area contributed by atoms with Gasteiger partial charge in [0.2, 0.25) is 5.91 Å². The van der Waals surface area contributed by atoms with Crippen LogP contribution in [0.4, 0.5) is 0 Å². The van der Waals surface area contributed by atoms with Gasteiger partial charge >= 0.3 is 0 Å². The molecule has 0 saturated carbocycles. The summed E-state index contributed by atoms with van der Waals surface area (Å²) in [6.07, 6.45) is 6.02. The van der Waals surface area contributed by atoms with Gasteiger partial charge in [-0.05, 0) is 18.4 Å². The number of benzene rings is 1. The molecule has 1 amide bonds. The standard InChI is InChI=1S/C15H16N2O/c1-17-15(18)13-10-6-5-9-12(13)14(16-17)11-7-3-2-4-8-11/h2-8,12-13H,9-10H2,1H3/t12-,13+/m1/s1. The van der Waals surface area contributed by atoms with Crippen LogP contribution in [0.25, 0.3) is 0 Å². The predicted molar refractivity (Wildman–Crippen MR) is 71.1 cm³/mol. The molecule has 1 aliphatic carbocycles. The third kappa shape index (κ3) is 1.76. The molecule has 0 aromatic heterocycles. The number of hydrogen-bond acceptors (Lipinski definition) is 2. The van der Waals surface area contributed by atoms with E-state index in [1.165, 1.54) is 5.01 Å². The van der Waals surface area contributed by atoms with E-state index in [9.17, 15) is 4.79 Å². The lowest BCUT2D eigenvalue weighted by molar-refractivity contribution is -0.136. The van der Waals surface area contributed by atoms with Crippen molar-refractivity contribution < 1.29 is 4.79 Å². The Hall–Kier alpha value is -1.90. The van der Waals surface area contributed by atoms with Gasteiger partial charge in [0.1, 0.15) is 0 Å². The second-order valence-corrected chi connectivity index (χ2v) is 4.87. The molecule has 1 aliphatic heterocycles. The SMILES string of the molecule is CN1N=C(c2ccccc2)[C@@H]2CC=CC[C@@H]2C1=O. The first-order valence-electron chi connectivity index (χ1n) is 6.34. The van der Waals surface area contributed by atoms with Gasteiger partial charge in [0.15, 0.2) is 0 Å². The van der Waals surface area contributed by atoms with E-state index in [1.807, 2.05) is 18.2 Å². The molecule has 1 aromatic rings. The van der Waals surface area contributed by atoms with Gasteiger partial charge in [-0.15, -0.1) is 0 Å². The summed E-state index contributed by atoms with van der Waals surface area (Å²) in [5.74, 6) is 0.442.